The third kappa shape index (κ3) is 2.91. The van der Waals surface area contributed by atoms with Gasteiger partial charge < -0.3 is 4.90 Å². The molecular formula is C14H19BrN2O. The van der Waals surface area contributed by atoms with E-state index in [-0.39, 0.29) is 5.91 Å². The lowest BCUT2D eigenvalue weighted by atomic mass is 9.94. The lowest BCUT2D eigenvalue weighted by Crippen LogP contribution is -2.41. The van der Waals surface area contributed by atoms with Gasteiger partial charge in [0.1, 0.15) is 4.60 Å². The summed E-state index contributed by atoms with van der Waals surface area (Å²) in [7, 11) is 0. The largest absolute Gasteiger partial charge is 0.336 e. The number of hydrogen-bond donors (Lipinski definition) is 0. The first-order chi connectivity index (χ1) is 8.74. The van der Waals surface area contributed by atoms with Crippen LogP contribution in [0.2, 0.25) is 0 Å². The fourth-order valence-corrected chi connectivity index (χ4v) is 3.08. The van der Waals surface area contributed by atoms with Crippen LogP contribution in [0, 0.1) is 0 Å². The molecule has 18 heavy (non-hydrogen) atoms. The second-order valence-electron chi connectivity index (χ2n) is 4.72. The van der Waals surface area contributed by atoms with Gasteiger partial charge in [-0.15, -0.1) is 0 Å². The van der Waals surface area contributed by atoms with Crippen molar-refractivity contribution in [3.8, 4) is 0 Å². The van der Waals surface area contributed by atoms with Crippen LogP contribution in [0.25, 0.3) is 0 Å². The highest BCUT2D eigenvalue weighted by atomic mass is 79.9. The summed E-state index contributed by atoms with van der Waals surface area (Å²) in [6.45, 7) is 2.82. The smallest absolute Gasteiger partial charge is 0.256 e. The maximum absolute atomic E-state index is 12.6. The molecule has 1 heterocycles. The fraction of sp³-hybridized carbons (Fsp3) is 0.571. The van der Waals surface area contributed by atoms with Crippen LogP contribution in [0.3, 0.4) is 0 Å². The lowest BCUT2D eigenvalue weighted by molar-refractivity contribution is 0.0646. The molecule has 0 radical (unpaired) electrons. The van der Waals surface area contributed by atoms with Crippen LogP contribution < -0.4 is 0 Å². The van der Waals surface area contributed by atoms with E-state index in [0.717, 1.165) is 19.4 Å². The van der Waals surface area contributed by atoms with Crippen LogP contribution in [0.5, 0.6) is 0 Å². The molecule has 0 N–H and O–H groups in total. The molecule has 1 aromatic heterocycles. The van der Waals surface area contributed by atoms with Crippen LogP contribution in [-0.2, 0) is 0 Å². The molecule has 98 valence electrons. The maximum atomic E-state index is 12.6. The van der Waals surface area contributed by atoms with E-state index in [0.29, 0.717) is 16.2 Å². The number of carbonyl (C=O) groups is 1. The molecule has 1 amide bonds. The number of rotatable bonds is 3. The maximum Gasteiger partial charge on any atom is 0.256 e. The second kappa shape index (κ2) is 6.32. The van der Waals surface area contributed by atoms with Crippen molar-refractivity contribution in [2.75, 3.05) is 6.54 Å². The van der Waals surface area contributed by atoms with Crippen LogP contribution in [-0.4, -0.2) is 28.4 Å². The molecule has 4 heteroatoms. The molecule has 0 bridgehead atoms. The van der Waals surface area contributed by atoms with E-state index >= 15 is 0 Å². The van der Waals surface area contributed by atoms with Gasteiger partial charge in [0, 0.05) is 18.8 Å². The van der Waals surface area contributed by atoms with E-state index in [2.05, 4.69) is 27.8 Å². The van der Waals surface area contributed by atoms with Gasteiger partial charge in [0.15, 0.2) is 0 Å². The molecular weight excluding hydrogens is 292 g/mol. The van der Waals surface area contributed by atoms with E-state index in [9.17, 15) is 4.79 Å². The average Bonchev–Trinajstić information content (AvgIpc) is 2.41. The number of carbonyl (C=O) groups excluding carboxylic acids is 1. The van der Waals surface area contributed by atoms with Crippen molar-refractivity contribution >= 4 is 21.8 Å². The SMILES string of the molecule is CCN(C(=O)c1cccnc1Br)C1CCCCC1. The summed E-state index contributed by atoms with van der Waals surface area (Å²) in [5, 5.41) is 0. The lowest BCUT2D eigenvalue weighted by Gasteiger charge is -2.33. The number of halogens is 1. The van der Waals surface area contributed by atoms with Crippen molar-refractivity contribution < 1.29 is 4.79 Å². The molecule has 2 rings (SSSR count). The third-order valence-electron chi connectivity index (χ3n) is 3.61. The minimum atomic E-state index is 0.101. The molecule has 1 saturated carbocycles. The Kier molecular flexibility index (Phi) is 4.75. The summed E-state index contributed by atoms with van der Waals surface area (Å²) in [6, 6.07) is 4.06. The highest BCUT2D eigenvalue weighted by Crippen LogP contribution is 2.25. The zero-order chi connectivity index (χ0) is 13.0. The molecule has 1 aliphatic carbocycles. The highest BCUT2D eigenvalue weighted by molar-refractivity contribution is 9.10. The van der Waals surface area contributed by atoms with Crippen LogP contribution in [0.4, 0.5) is 0 Å². The third-order valence-corrected chi connectivity index (χ3v) is 4.24. The Bertz CT molecular complexity index is 416. The summed E-state index contributed by atoms with van der Waals surface area (Å²) in [6.07, 6.45) is 7.75. The zero-order valence-electron chi connectivity index (χ0n) is 10.7. The Hall–Kier alpha value is -0.900. The standard InChI is InChI=1S/C14H19BrN2O/c1-2-17(11-7-4-3-5-8-11)14(18)12-9-6-10-16-13(12)15/h6,9-11H,2-5,7-8H2,1H3. The summed E-state index contributed by atoms with van der Waals surface area (Å²) >= 11 is 3.36. The van der Waals surface area contributed by atoms with Gasteiger partial charge in [0.2, 0.25) is 0 Å². The molecule has 0 aliphatic heterocycles. The van der Waals surface area contributed by atoms with E-state index in [4.69, 9.17) is 0 Å². The molecule has 1 aliphatic rings. The Morgan fingerprint density at radius 2 is 2.17 bits per heavy atom. The van der Waals surface area contributed by atoms with E-state index < -0.39 is 0 Å². The predicted molar refractivity (Wildman–Crippen MR) is 75.5 cm³/mol. The highest BCUT2D eigenvalue weighted by Gasteiger charge is 2.26. The average molecular weight is 311 g/mol. The normalized spacial score (nSPS) is 16.6. The Balaban J connectivity index is 2.17. The van der Waals surface area contributed by atoms with E-state index in [1.54, 1.807) is 6.20 Å². The summed E-state index contributed by atoms with van der Waals surface area (Å²) in [5.41, 5.74) is 0.671. The molecule has 0 unspecified atom stereocenters. The Morgan fingerprint density at radius 3 is 2.78 bits per heavy atom. The fourth-order valence-electron chi connectivity index (χ4n) is 2.66. The molecule has 3 nitrogen and oxygen atoms in total. The van der Waals surface area contributed by atoms with Crippen molar-refractivity contribution in [1.82, 2.24) is 9.88 Å². The zero-order valence-corrected chi connectivity index (χ0v) is 12.3. The van der Waals surface area contributed by atoms with Crippen LogP contribution >= 0.6 is 15.9 Å². The Morgan fingerprint density at radius 1 is 1.44 bits per heavy atom. The molecule has 1 aromatic rings. The van der Waals surface area contributed by atoms with Crippen LogP contribution in [0.15, 0.2) is 22.9 Å². The van der Waals surface area contributed by atoms with Crippen molar-refractivity contribution in [1.29, 1.82) is 0 Å². The first-order valence-corrected chi connectivity index (χ1v) is 7.44. The van der Waals surface area contributed by atoms with Gasteiger partial charge >= 0.3 is 0 Å². The number of amides is 1. The van der Waals surface area contributed by atoms with Gasteiger partial charge in [-0.05, 0) is 47.8 Å². The number of aromatic nitrogens is 1. The van der Waals surface area contributed by atoms with Crippen molar-refractivity contribution in [3.05, 3.63) is 28.5 Å². The topological polar surface area (TPSA) is 33.2 Å². The summed E-state index contributed by atoms with van der Waals surface area (Å²) in [5.74, 6) is 0.101. The van der Waals surface area contributed by atoms with Crippen molar-refractivity contribution in [2.45, 2.75) is 45.1 Å². The minimum Gasteiger partial charge on any atom is -0.336 e. The Labute approximate surface area is 117 Å². The summed E-state index contributed by atoms with van der Waals surface area (Å²) < 4.78 is 0.643. The van der Waals surface area contributed by atoms with Gasteiger partial charge in [-0.3, -0.25) is 4.79 Å². The van der Waals surface area contributed by atoms with Crippen molar-refractivity contribution in [3.63, 3.8) is 0 Å². The summed E-state index contributed by atoms with van der Waals surface area (Å²) in [4.78, 5) is 18.7. The number of pyridine rings is 1. The number of hydrogen-bond acceptors (Lipinski definition) is 2. The molecule has 1 fully saturated rings. The van der Waals surface area contributed by atoms with Gasteiger partial charge in [-0.25, -0.2) is 4.98 Å². The van der Waals surface area contributed by atoms with Gasteiger partial charge in [-0.2, -0.15) is 0 Å². The van der Waals surface area contributed by atoms with E-state index in [1.165, 1.54) is 19.3 Å². The number of nitrogens with zero attached hydrogens (tertiary/aromatic N) is 2. The molecule has 0 spiro atoms. The minimum absolute atomic E-state index is 0.101. The first kappa shape index (κ1) is 13.5. The van der Waals surface area contributed by atoms with Crippen LogP contribution in [0.1, 0.15) is 49.4 Å². The molecule has 0 saturated heterocycles. The molecule has 0 aromatic carbocycles. The van der Waals surface area contributed by atoms with Gasteiger partial charge in [0.05, 0.1) is 5.56 Å². The molecule has 0 atom stereocenters. The quantitative estimate of drug-likeness (QED) is 0.799. The monoisotopic (exact) mass is 310 g/mol. The second-order valence-corrected chi connectivity index (χ2v) is 5.48. The van der Waals surface area contributed by atoms with Gasteiger partial charge in [-0.1, -0.05) is 19.3 Å². The van der Waals surface area contributed by atoms with E-state index in [1.807, 2.05) is 17.0 Å². The van der Waals surface area contributed by atoms with Crippen molar-refractivity contribution in [2.24, 2.45) is 0 Å². The first-order valence-electron chi connectivity index (χ1n) is 6.65. The predicted octanol–water partition coefficient (Wildman–Crippen LogP) is 3.64. The van der Waals surface area contributed by atoms with Gasteiger partial charge in [0.25, 0.3) is 5.91 Å².